The van der Waals surface area contributed by atoms with Gasteiger partial charge >= 0.3 is 0 Å². The molecule has 0 bridgehead atoms. The quantitative estimate of drug-likeness (QED) is 0.835. The molecule has 21 heavy (non-hydrogen) atoms. The number of nitrogens with two attached hydrogens (primary N) is 1. The lowest BCUT2D eigenvalue weighted by Crippen LogP contribution is -2.50. The van der Waals surface area contributed by atoms with Gasteiger partial charge in [0, 0.05) is 37.8 Å². The van der Waals surface area contributed by atoms with Gasteiger partial charge < -0.3 is 10.5 Å². The number of fused-ring (bicyclic) bond motifs is 1. The lowest BCUT2D eigenvalue weighted by molar-refractivity contribution is 0.0923. The molecule has 0 saturated carbocycles. The molecule has 1 unspecified atom stereocenters. The van der Waals surface area contributed by atoms with E-state index in [9.17, 15) is 0 Å². The van der Waals surface area contributed by atoms with E-state index in [0.29, 0.717) is 4.99 Å². The smallest absolute Gasteiger partial charge is 0.119 e. The molecule has 0 amide bonds. The van der Waals surface area contributed by atoms with E-state index in [1.807, 2.05) is 24.3 Å². The molecule has 114 valence electrons. The first-order chi connectivity index (χ1) is 10.2. The molecule has 4 nitrogen and oxygen atoms in total. The second-order valence-corrected chi connectivity index (χ2v) is 6.31. The molecule has 1 aromatic carbocycles. The Hall–Kier alpha value is -1.17. The molecule has 2 aliphatic rings. The molecule has 2 N–H and O–H groups in total. The normalized spacial score (nSPS) is 23.0. The van der Waals surface area contributed by atoms with E-state index in [1.54, 1.807) is 0 Å². The van der Waals surface area contributed by atoms with Gasteiger partial charge in [0.1, 0.15) is 17.3 Å². The first-order valence-electron chi connectivity index (χ1n) is 7.71. The lowest BCUT2D eigenvalue weighted by Gasteiger charge is -2.37. The van der Waals surface area contributed by atoms with Crippen molar-refractivity contribution in [3.8, 4) is 5.75 Å². The van der Waals surface area contributed by atoms with Crippen molar-refractivity contribution in [1.29, 1.82) is 0 Å². The highest BCUT2D eigenvalue weighted by Gasteiger charge is 2.30. The Kier molecular flexibility index (Phi) is 4.73. The summed E-state index contributed by atoms with van der Waals surface area (Å²) in [5.74, 6) is 0.884. The molecule has 2 aliphatic heterocycles. The highest BCUT2D eigenvalue weighted by molar-refractivity contribution is 7.80. The van der Waals surface area contributed by atoms with Crippen LogP contribution < -0.4 is 10.5 Å². The summed E-state index contributed by atoms with van der Waals surface area (Å²) in [5.41, 5.74) is 6.47. The number of hydrogen-bond acceptors (Lipinski definition) is 4. The Morgan fingerprint density at radius 2 is 2.05 bits per heavy atom. The van der Waals surface area contributed by atoms with Crippen molar-refractivity contribution >= 4 is 17.2 Å². The van der Waals surface area contributed by atoms with Gasteiger partial charge in [-0.1, -0.05) is 12.2 Å². The fraction of sp³-hybridized carbons (Fsp3) is 0.562. The number of piperazine rings is 1. The predicted molar refractivity (Wildman–Crippen MR) is 88.9 cm³/mol. The van der Waals surface area contributed by atoms with E-state index >= 15 is 0 Å². The minimum absolute atomic E-state index is 0.427. The van der Waals surface area contributed by atoms with Gasteiger partial charge in [-0.25, -0.2) is 0 Å². The Labute approximate surface area is 131 Å². The topological polar surface area (TPSA) is 41.7 Å². The maximum atomic E-state index is 5.82. The van der Waals surface area contributed by atoms with Crippen LogP contribution in [0.5, 0.6) is 5.75 Å². The molecule has 0 aliphatic carbocycles. The average molecular weight is 305 g/mol. The summed E-state index contributed by atoms with van der Waals surface area (Å²) in [5, 5.41) is 0. The summed E-state index contributed by atoms with van der Waals surface area (Å²) in [7, 11) is 0. The van der Waals surface area contributed by atoms with Crippen LogP contribution in [0, 0.1) is 0 Å². The van der Waals surface area contributed by atoms with E-state index in [2.05, 4.69) is 9.80 Å². The van der Waals surface area contributed by atoms with Gasteiger partial charge in [-0.3, -0.25) is 9.80 Å². The maximum Gasteiger partial charge on any atom is 0.119 e. The van der Waals surface area contributed by atoms with Crippen LogP contribution in [0.25, 0.3) is 0 Å². The lowest BCUT2D eigenvalue weighted by atomic mass is 10.1. The highest BCUT2D eigenvalue weighted by atomic mass is 32.1. The molecule has 1 atom stereocenters. The fourth-order valence-electron chi connectivity index (χ4n) is 3.27. The summed E-state index contributed by atoms with van der Waals surface area (Å²) in [6, 6.07) is 8.47. The van der Waals surface area contributed by atoms with Crippen LogP contribution in [-0.4, -0.2) is 60.2 Å². The van der Waals surface area contributed by atoms with Crippen LogP contribution in [0.1, 0.15) is 18.4 Å². The van der Waals surface area contributed by atoms with Crippen molar-refractivity contribution in [2.75, 3.05) is 39.3 Å². The zero-order valence-electron chi connectivity index (χ0n) is 12.3. The second-order valence-electron chi connectivity index (χ2n) is 5.87. The van der Waals surface area contributed by atoms with E-state index < -0.39 is 0 Å². The van der Waals surface area contributed by atoms with E-state index in [0.717, 1.165) is 30.5 Å². The number of hydrogen-bond donors (Lipinski definition) is 1. The second kappa shape index (κ2) is 6.73. The summed E-state index contributed by atoms with van der Waals surface area (Å²) in [4.78, 5) is 5.58. The summed E-state index contributed by atoms with van der Waals surface area (Å²) < 4.78 is 5.82. The van der Waals surface area contributed by atoms with Gasteiger partial charge in [-0.2, -0.15) is 0 Å². The van der Waals surface area contributed by atoms with Gasteiger partial charge in [-0.05, 0) is 43.7 Å². The number of nitrogens with zero attached hydrogens (tertiary/aromatic N) is 2. The SMILES string of the molecule is NC(=S)c1ccc(OCCN2CCN3CCCC3C2)cc1. The van der Waals surface area contributed by atoms with Crippen molar-refractivity contribution in [3.05, 3.63) is 29.8 Å². The van der Waals surface area contributed by atoms with Gasteiger partial charge in [0.15, 0.2) is 0 Å². The molecule has 1 aromatic rings. The molecular formula is C16H23N3OS. The monoisotopic (exact) mass is 305 g/mol. The van der Waals surface area contributed by atoms with Gasteiger partial charge in [-0.15, -0.1) is 0 Å². The average Bonchev–Trinajstić information content (AvgIpc) is 2.95. The number of benzene rings is 1. The Bertz CT molecular complexity index is 491. The molecular weight excluding hydrogens is 282 g/mol. The van der Waals surface area contributed by atoms with Crippen LogP contribution in [0.2, 0.25) is 0 Å². The van der Waals surface area contributed by atoms with Crippen molar-refractivity contribution in [2.45, 2.75) is 18.9 Å². The van der Waals surface area contributed by atoms with Crippen LogP contribution in [0.3, 0.4) is 0 Å². The van der Waals surface area contributed by atoms with Crippen LogP contribution in [0.15, 0.2) is 24.3 Å². The highest BCUT2D eigenvalue weighted by Crippen LogP contribution is 2.21. The number of rotatable bonds is 5. The number of ether oxygens (including phenoxy) is 1. The molecule has 2 saturated heterocycles. The molecule has 2 fully saturated rings. The Morgan fingerprint density at radius 3 is 2.81 bits per heavy atom. The van der Waals surface area contributed by atoms with Crippen LogP contribution in [0.4, 0.5) is 0 Å². The minimum Gasteiger partial charge on any atom is -0.492 e. The molecule has 0 radical (unpaired) electrons. The van der Waals surface area contributed by atoms with Gasteiger partial charge in [0.25, 0.3) is 0 Å². The van der Waals surface area contributed by atoms with Crippen molar-refractivity contribution in [1.82, 2.24) is 9.80 Å². The van der Waals surface area contributed by atoms with Crippen molar-refractivity contribution < 1.29 is 4.74 Å². The molecule has 0 aromatic heterocycles. The Balaban J connectivity index is 1.42. The van der Waals surface area contributed by atoms with E-state index in [4.69, 9.17) is 22.7 Å². The summed E-state index contributed by atoms with van der Waals surface area (Å²) >= 11 is 4.94. The van der Waals surface area contributed by atoms with Gasteiger partial charge in [0.05, 0.1) is 0 Å². The zero-order chi connectivity index (χ0) is 14.7. The molecule has 5 heteroatoms. The zero-order valence-corrected chi connectivity index (χ0v) is 13.1. The third-order valence-electron chi connectivity index (χ3n) is 4.49. The van der Waals surface area contributed by atoms with Crippen molar-refractivity contribution in [3.63, 3.8) is 0 Å². The van der Waals surface area contributed by atoms with Gasteiger partial charge in [0.2, 0.25) is 0 Å². The minimum atomic E-state index is 0.427. The third-order valence-corrected chi connectivity index (χ3v) is 4.72. The van der Waals surface area contributed by atoms with Crippen LogP contribution in [-0.2, 0) is 0 Å². The standard InChI is InChI=1S/C16H23N3OS/c17-16(21)13-3-5-15(6-4-13)20-11-10-18-8-9-19-7-1-2-14(19)12-18/h3-6,14H,1-2,7-12H2,(H2,17,21). The first kappa shape index (κ1) is 14.8. The Morgan fingerprint density at radius 1 is 1.24 bits per heavy atom. The molecule has 3 rings (SSSR count). The van der Waals surface area contributed by atoms with E-state index in [-0.39, 0.29) is 0 Å². The predicted octanol–water partition coefficient (Wildman–Crippen LogP) is 1.48. The first-order valence-corrected chi connectivity index (χ1v) is 8.12. The largest absolute Gasteiger partial charge is 0.492 e. The summed E-state index contributed by atoms with van der Waals surface area (Å²) in [6.07, 6.45) is 2.72. The van der Waals surface area contributed by atoms with E-state index in [1.165, 1.54) is 39.0 Å². The van der Waals surface area contributed by atoms with Crippen LogP contribution >= 0.6 is 12.2 Å². The molecule has 0 spiro atoms. The molecule has 2 heterocycles. The van der Waals surface area contributed by atoms with Crippen molar-refractivity contribution in [2.24, 2.45) is 5.73 Å². The summed E-state index contributed by atoms with van der Waals surface area (Å²) in [6.45, 7) is 6.61. The third kappa shape index (κ3) is 3.73. The maximum absolute atomic E-state index is 5.82. The number of thiocarbonyl (C=S) groups is 1. The fourth-order valence-corrected chi connectivity index (χ4v) is 3.40.